The van der Waals surface area contributed by atoms with Gasteiger partial charge in [-0.3, -0.25) is 4.79 Å². The minimum Gasteiger partial charge on any atom is -0.317 e. The molecule has 1 saturated carbocycles. The van der Waals surface area contributed by atoms with Crippen LogP contribution in [-0.2, 0) is 10.2 Å². The van der Waals surface area contributed by atoms with Crippen molar-refractivity contribution in [1.82, 2.24) is 0 Å². The van der Waals surface area contributed by atoms with E-state index in [1.165, 1.54) is 36.9 Å². The Kier molecular flexibility index (Phi) is 2.17. The molecule has 3 aliphatic rings. The van der Waals surface area contributed by atoms with Gasteiger partial charge < -0.3 is 10.2 Å². The lowest BCUT2D eigenvalue weighted by Gasteiger charge is -2.51. The summed E-state index contributed by atoms with van der Waals surface area (Å²) in [6, 6.07) is 8.73. The molecule has 1 aliphatic carbocycles. The molecule has 3 nitrogen and oxygen atoms in total. The third kappa shape index (κ3) is 1.24. The van der Waals surface area contributed by atoms with Gasteiger partial charge in [-0.1, -0.05) is 24.6 Å². The lowest BCUT2D eigenvalue weighted by Crippen LogP contribution is -3.07. The van der Waals surface area contributed by atoms with Crippen LogP contribution in [0.2, 0.25) is 0 Å². The Morgan fingerprint density at radius 3 is 2.89 bits per heavy atom. The van der Waals surface area contributed by atoms with Gasteiger partial charge in [0, 0.05) is 12.1 Å². The summed E-state index contributed by atoms with van der Waals surface area (Å²) in [4.78, 5) is 14.3. The molecule has 2 fully saturated rings. The van der Waals surface area contributed by atoms with Crippen LogP contribution in [0.3, 0.4) is 0 Å². The van der Waals surface area contributed by atoms with Gasteiger partial charge in [-0.25, -0.2) is 0 Å². The Labute approximate surface area is 114 Å². The van der Waals surface area contributed by atoms with Crippen LogP contribution in [0.4, 0.5) is 5.69 Å². The summed E-state index contributed by atoms with van der Waals surface area (Å²) in [5, 5.41) is 2.33. The molecule has 0 aromatic heterocycles. The van der Waals surface area contributed by atoms with Crippen LogP contribution in [0.25, 0.3) is 0 Å². The molecule has 2 aliphatic heterocycles. The third-order valence-electron chi connectivity index (χ3n) is 5.71. The predicted molar refractivity (Wildman–Crippen MR) is 74.1 cm³/mol. The highest BCUT2D eigenvalue weighted by atomic mass is 16.1. The Hall–Kier alpha value is -1.35. The molecule has 0 radical (unpaired) electrons. The first kappa shape index (κ1) is 11.5. The smallest absolute Gasteiger partial charge is 0.206 e. The maximum Gasteiger partial charge on any atom is 0.206 e. The zero-order chi connectivity index (χ0) is 13.1. The van der Waals surface area contributed by atoms with Crippen molar-refractivity contribution in [3.8, 4) is 0 Å². The fourth-order valence-corrected chi connectivity index (χ4v) is 4.74. The summed E-state index contributed by atoms with van der Waals surface area (Å²) < 4.78 is 0. The third-order valence-corrected chi connectivity index (χ3v) is 5.71. The van der Waals surface area contributed by atoms with Gasteiger partial charge in [0.05, 0.1) is 12.0 Å². The van der Waals surface area contributed by atoms with E-state index in [0.29, 0.717) is 18.9 Å². The van der Waals surface area contributed by atoms with Crippen LogP contribution >= 0.6 is 0 Å². The largest absolute Gasteiger partial charge is 0.317 e. The van der Waals surface area contributed by atoms with Crippen molar-refractivity contribution in [3.05, 3.63) is 29.8 Å². The van der Waals surface area contributed by atoms with Crippen molar-refractivity contribution >= 4 is 11.5 Å². The molecule has 0 unspecified atom stereocenters. The Morgan fingerprint density at radius 1 is 1.21 bits per heavy atom. The van der Waals surface area contributed by atoms with E-state index in [1.54, 1.807) is 0 Å². The van der Waals surface area contributed by atoms with Gasteiger partial charge in [-0.2, -0.15) is 0 Å². The number of rotatable bonds is 0. The summed E-state index contributed by atoms with van der Waals surface area (Å²) in [5.41, 5.74) is 3.06. The van der Waals surface area contributed by atoms with Gasteiger partial charge in [0.2, 0.25) is 5.78 Å². The van der Waals surface area contributed by atoms with Gasteiger partial charge in [-0.05, 0) is 31.4 Å². The first-order chi connectivity index (χ1) is 9.17. The number of carbonyl (C=O) groups is 1. The molecule has 0 bridgehead atoms. The quantitative estimate of drug-likeness (QED) is 0.758. The van der Waals surface area contributed by atoms with Crippen molar-refractivity contribution in [2.75, 3.05) is 18.0 Å². The molecular formula is C16H21N2O+. The molecule has 1 saturated heterocycles. The number of anilines is 1. The van der Waals surface area contributed by atoms with Gasteiger partial charge in [0.25, 0.3) is 0 Å². The van der Waals surface area contributed by atoms with E-state index in [2.05, 4.69) is 41.4 Å². The lowest BCUT2D eigenvalue weighted by molar-refractivity contribution is -0.732. The number of ketones is 1. The molecule has 2 N–H and O–H groups in total. The summed E-state index contributed by atoms with van der Waals surface area (Å²) in [6.45, 7) is 3.67. The molecule has 4 rings (SSSR count). The normalized spacial score (nSPS) is 36.7. The summed E-state index contributed by atoms with van der Waals surface area (Å²) in [5.74, 6) is 0.357. The van der Waals surface area contributed by atoms with E-state index in [-0.39, 0.29) is 11.1 Å². The number of nitrogens with two attached hydrogens (primary N) is 1. The van der Waals surface area contributed by atoms with E-state index < -0.39 is 0 Å². The molecule has 3 heteroatoms. The van der Waals surface area contributed by atoms with Gasteiger partial charge in [0.15, 0.2) is 5.66 Å². The average Bonchev–Trinajstić information content (AvgIpc) is 2.66. The Bertz CT molecular complexity index is 555. The van der Waals surface area contributed by atoms with E-state index in [0.717, 1.165) is 0 Å². The summed E-state index contributed by atoms with van der Waals surface area (Å²) in [7, 11) is 0. The first-order valence-electron chi connectivity index (χ1n) is 7.41. The zero-order valence-corrected chi connectivity index (χ0v) is 11.5. The molecular weight excluding hydrogens is 236 g/mol. The zero-order valence-electron chi connectivity index (χ0n) is 11.5. The lowest BCUT2D eigenvalue weighted by atomic mass is 9.64. The van der Waals surface area contributed by atoms with Crippen molar-refractivity contribution in [2.24, 2.45) is 0 Å². The van der Waals surface area contributed by atoms with Crippen LogP contribution in [0.15, 0.2) is 24.3 Å². The van der Waals surface area contributed by atoms with Gasteiger partial charge in [-0.15, -0.1) is 0 Å². The fourth-order valence-electron chi connectivity index (χ4n) is 4.74. The minimum atomic E-state index is 0.100. The number of hydrogen-bond donors (Lipinski definition) is 1. The second kappa shape index (κ2) is 3.60. The molecule has 1 aromatic rings. The molecule has 2 heterocycles. The summed E-state index contributed by atoms with van der Waals surface area (Å²) >= 11 is 0. The molecule has 1 spiro atoms. The standard InChI is InChI=1S/C16H20N2O/c1-15-8-4-5-9-16(15)17-10-12(19)11-18(16)14-7-3-2-6-13(14)15/h2-3,6-7,17H,4-5,8-11H2,1H3/p+1/t15-,16+/m0/s1. The summed E-state index contributed by atoms with van der Waals surface area (Å²) in [6.07, 6.45) is 5.03. The van der Waals surface area contributed by atoms with Crippen LogP contribution in [0.1, 0.15) is 38.2 Å². The van der Waals surface area contributed by atoms with Gasteiger partial charge in [0.1, 0.15) is 6.54 Å². The van der Waals surface area contributed by atoms with Crippen molar-refractivity contribution in [1.29, 1.82) is 0 Å². The van der Waals surface area contributed by atoms with E-state index in [1.807, 2.05) is 0 Å². The van der Waals surface area contributed by atoms with E-state index in [4.69, 9.17) is 0 Å². The average molecular weight is 257 g/mol. The second-order valence-electron chi connectivity index (χ2n) is 6.51. The van der Waals surface area contributed by atoms with Gasteiger partial charge >= 0.3 is 0 Å². The Morgan fingerprint density at radius 2 is 2.00 bits per heavy atom. The number of carbonyl (C=O) groups excluding carboxylic acids is 1. The highest BCUT2D eigenvalue weighted by Crippen LogP contribution is 2.55. The number of para-hydroxylation sites is 1. The maximum atomic E-state index is 11.9. The first-order valence-corrected chi connectivity index (χ1v) is 7.41. The topological polar surface area (TPSA) is 36.9 Å². The second-order valence-corrected chi connectivity index (χ2v) is 6.51. The number of quaternary nitrogens is 1. The number of fused-ring (bicyclic) bond motifs is 3. The number of benzene rings is 1. The number of nitrogens with zero attached hydrogens (tertiary/aromatic N) is 1. The van der Waals surface area contributed by atoms with Crippen LogP contribution < -0.4 is 10.2 Å². The fraction of sp³-hybridized carbons (Fsp3) is 0.562. The minimum absolute atomic E-state index is 0.100. The Balaban J connectivity index is 1.95. The van der Waals surface area contributed by atoms with Crippen LogP contribution in [0.5, 0.6) is 0 Å². The molecule has 0 amide bonds. The number of hydrogen-bond acceptors (Lipinski definition) is 2. The molecule has 2 atom stereocenters. The SMILES string of the molecule is C[C@@]12CCCC[C@]13[NH2+]CC(=O)CN3c1ccccc12. The van der Waals surface area contributed by atoms with E-state index in [9.17, 15) is 4.79 Å². The van der Waals surface area contributed by atoms with Crippen LogP contribution in [-0.4, -0.2) is 24.5 Å². The van der Waals surface area contributed by atoms with Crippen molar-refractivity contribution in [2.45, 2.75) is 43.7 Å². The van der Waals surface area contributed by atoms with Crippen molar-refractivity contribution < 1.29 is 10.1 Å². The predicted octanol–water partition coefficient (Wildman–Crippen LogP) is 1.18. The number of Topliss-reactive ketones (excluding diaryl/α,β-unsaturated/α-hetero) is 1. The van der Waals surface area contributed by atoms with E-state index >= 15 is 0 Å². The van der Waals surface area contributed by atoms with Crippen LogP contribution in [0, 0.1) is 0 Å². The molecule has 19 heavy (non-hydrogen) atoms. The maximum absolute atomic E-state index is 11.9. The highest BCUT2D eigenvalue weighted by Gasteiger charge is 2.64. The monoisotopic (exact) mass is 257 g/mol. The highest BCUT2D eigenvalue weighted by molar-refractivity contribution is 5.87. The molecule has 100 valence electrons. The van der Waals surface area contributed by atoms with Crippen molar-refractivity contribution in [3.63, 3.8) is 0 Å². The molecule has 1 aromatic carbocycles.